The summed E-state index contributed by atoms with van der Waals surface area (Å²) in [6.07, 6.45) is -8.47. The minimum atomic E-state index is -1.78. The van der Waals surface area contributed by atoms with Gasteiger partial charge in [-0.15, -0.1) is 0 Å². The molecule has 0 aromatic heterocycles. The van der Waals surface area contributed by atoms with Crippen LogP contribution in [0.3, 0.4) is 0 Å². The Morgan fingerprint density at radius 1 is 1.07 bits per heavy atom. The van der Waals surface area contributed by atoms with Crippen LogP contribution >= 0.6 is 0 Å². The van der Waals surface area contributed by atoms with E-state index in [0.717, 1.165) is 0 Å². The molecule has 16 heteroatoms. The number of aliphatic hydroxyl groups excluding tert-OH is 7. The van der Waals surface area contributed by atoms with Crippen LogP contribution in [0.2, 0.25) is 0 Å². The molecule has 1 heterocycles. The second-order valence-electron chi connectivity index (χ2n) is 10.4. The van der Waals surface area contributed by atoms with Crippen LogP contribution in [0.15, 0.2) is 11.5 Å². The lowest BCUT2D eigenvalue weighted by molar-refractivity contribution is -0.311. The first-order valence-corrected chi connectivity index (χ1v) is 13.7. The molecule has 0 aromatic carbocycles. The lowest BCUT2D eigenvalue weighted by atomic mass is 9.87. The number of hydrogen-bond donors (Lipinski definition) is 13. The summed E-state index contributed by atoms with van der Waals surface area (Å²) in [6.45, 7) is 0.352. The van der Waals surface area contributed by atoms with E-state index in [4.69, 9.17) is 37.1 Å². The molecule has 12 atom stereocenters. The van der Waals surface area contributed by atoms with E-state index in [1.165, 1.54) is 7.05 Å². The summed E-state index contributed by atoms with van der Waals surface area (Å²) in [4.78, 5) is 0. The van der Waals surface area contributed by atoms with Gasteiger partial charge in [0, 0.05) is 25.6 Å². The number of aliphatic hydroxyl groups is 7. The lowest BCUT2D eigenvalue weighted by Crippen LogP contribution is -2.64. The van der Waals surface area contributed by atoms with E-state index in [-0.39, 0.29) is 36.8 Å². The van der Waals surface area contributed by atoms with Gasteiger partial charge in [-0.2, -0.15) is 0 Å². The summed E-state index contributed by atoms with van der Waals surface area (Å²) in [7, 11) is 1.44. The molecule has 17 N–H and O–H groups in total. The van der Waals surface area contributed by atoms with Crippen molar-refractivity contribution in [3.63, 3.8) is 0 Å². The molecule has 0 aromatic rings. The van der Waals surface area contributed by atoms with E-state index in [9.17, 15) is 35.7 Å². The van der Waals surface area contributed by atoms with Crippen LogP contribution in [0.4, 0.5) is 0 Å². The maximum Gasteiger partial charge on any atom is 0.202 e. The van der Waals surface area contributed by atoms with Gasteiger partial charge in [0.05, 0.1) is 24.8 Å². The average molecular weight is 583 g/mol. The highest BCUT2D eigenvalue weighted by atomic mass is 16.7. The van der Waals surface area contributed by atoms with Gasteiger partial charge in [-0.1, -0.05) is 0 Å². The van der Waals surface area contributed by atoms with Crippen LogP contribution in [-0.4, -0.2) is 136 Å². The zero-order valence-electron chi connectivity index (χ0n) is 23.0. The van der Waals surface area contributed by atoms with Crippen molar-refractivity contribution in [2.45, 2.75) is 112 Å². The molecule has 6 unspecified atom stereocenters. The highest BCUT2D eigenvalue weighted by Gasteiger charge is 2.45. The van der Waals surface area contributed by atoms with E-state index in [2.05, 4.69) is 10.6 Å². The van der Waals surface area contributed by atoms with Crippen LogP contribution in [0.1, 0.15) is 38.5 Å². The molecular weight excluding hydrogens is 532 g/mol. The molecule has 1 saturated heterocycles. The third-order valence-corrected chi connectivity index (χ3v) is 7.27. The van der Waals surface area contributed by atoms with Crippen LogP contribution in [0.25, 0.3) is 0 Å². The number of rotatable bonds is 16. The van der Waals surface area contributed by atoms with Crippen molar-refractivity contribution in [1.82, 2.24) is 10.6 Å². The summed E-state index contributed by atoms with van der Waals surface area (Å²) < 4.78 is 16.5. The summed E-state index contributed by atoms with van der Waals surface area (Å²) in [5.74, 6) is -0.276. The predicted octanol–water partition coefficient (Wildman–Crippen LogP) is -4.93. The van der Waals surface area contributed by atoms with Crippen molar-refractivity contribution in [2.75, 3.05) is 26.7 Å². The molecule has 1 aliphatic heterocycles. The Bertz CT molecular complexity index is 756. The van der Waals surface area contributed by atoms with Crippen LogP contribution < -0.4 is 33.6 Å². The number of nitrogens with one attached hydrogen (secondary N) is 2. The fraction of sp³-hybridized carbons (Fsp3) is 0.917. The SMILES string of the molecule is CN/C(=C(/O)CCCC(N)[C@H](O)O[C@@H]1C(N)C[C@@H](N)C[C@H]1O)C(O)O[C@H]1OC(CO)[C@@H](NCCCN)C(O)C1O. The maximum atomic E-state index is 10.6. The Morgan fingerprint density at radius 3 is 2.38 bits per heavy atom. The van der Waals surface area contributed by atoms with Crippen LogP contribution in [0.5, 0.6) is 0 Å². The zero-order chi connectivity index (χ0) is 30.0. The van der Waals surface area contributed by atoms with Crippen molar-refractivity contribution in [1.29, 1.82) is 0 Å². The standard InChI is InChI=1S/C24H50N6O10/c1-29-17(23(37)40-24-20(35)19(34)18(16(10-31)38-24)30-7-3-6-25)14(32)5-2-4-12(27)22(36)39-21-13(28)8-11(26)9-15(21)33/h11-13,15-16,18-24,29-37H,2-10,25-28H2,1H3/b17-14+/t11-,12?,13?,15-,16?,18-,19?,20?,21-,22-,23?,24-/m1/s1. The van der Waals surface area contributed by atoms with Crippen molar-refractivity contribution >= 4 is 0 Å². The molecule has 2 rings (SSSR count). The number of likely N-dealkylation sites (N-methyl/N-ethyl adjacent to an activating group) is 1. The van der Waals surface area contributed by atoms with E-state index >= 15 is 0 Å². The van der Waals surface area contributed by atoms with Crippen molar-refractivity contribution in [3.05, 3.63) is 11.5 Å². The number of hydrogen-bond acceptors (Lipinski definition) is 16. The molecule has 1 aliphatic carbocycles. The minimum Gasteiger partial charge on any atom is -0.510 e. The van der Waals surface area contributed by atoms with Gasteiger partial charge in [0.2, 0.25) is 6.29 Å². The predicted molar refractivity (Wildman–Crippen MR) is 143 cm³/mol. The molecule has 1 saturated carbocycles. The van der Waals surface area contributed by atoms with Gasteiger partial charge >= 0.3 is 0 Å². The lowest BCUT2D eigenvalue weighted by Gasteiger charge is -2.43. The smallest absolute Gasteiger partial charge is 0.202 e. The molecule has 236 valence electrons. The molecule has 16 nitrogen and oxygen atoms in total. The number of allylic oxidation sites excluding steroid dienone is 1. The Labute approximate surface area is 234 Å². The van der Waals surface area contributed by atoms with E-state index in [1.54, 1.807) is 0 Å². The molecule has 0 radical (unpaired) electrons. The monoisotopic (exact) mass is 582 g/mol. The zero-order valence-corrected chi connectivity index (χ0v) is 23.0. The second kappa shape index (κ2) is 17.0. The fourth-order valence-corrected chi connectivity index (χ4v) is 4.97. The van der Waals surface area contributed by atoms with Gasteiger partial charge in [0.1, 0.15) is 35.9 Å². The average Bonchev–Trinajstić information content (AvgIpc) is 2.90. The van der Waals surface area contributed by atoms with Crippen molar-refractivity contribution < 1.29 is 50.0 Å². The first-order chi connectivity index (χ1) is 18.9. The van der Waals surface area contributed by atoms with Gasteiger partial charge in [-0.05, 0) is 45.2 Å². The highest BCUT2D eigenvalue weighted by molar-refractivity contribution is 5.08. The topological polar surface area (TPSA) is 297 Å². The van der Waals surface area contributed by atoms with E-state index in [1.807, 2.05) is 0 Å². The summed E-state index contributed by atoms with van der Waals surface area (Å²) >= 11 is 0. The number of nitrogens with two attached hydrogens (primary N) is 4. The van der Waals surface area contributed by atoms with Crippen molar-refractivity contribution in [2.24, 2.45) is 22.9 Å². The summed E-state index contributed by atoms with van der Waals surface area (Å²) in [6, 6.07) is -2.45. The Balaban J connectivity index is 1.89. The molecular formula is C24H50N6O10. The van der Waals surface area contributed by atoms with E-state index in [0.29, 0.717) is 32.4 Å². The fourth-order valence-electron chi connectivity index (χ4n) is 4.97. The van der Waals surface area contributed by atoms with Gasteiger partial charge < -0.3 is 83.5 Å². The van der Waals surface area contributed by atoms with Gasteiger partial charge in [0.15, 0.2) is 12.6 Å². The van der Waals surface area contributed by atoms with Crippen LogP contribution in [-0.2, 0) is 14.2 Å². The third kappa shape index (κ3) is 9.67. The highest BCUT2D eigenvalue weighted by Crippen LogP contribution is 2.25. The molecule has 0 amide bonds. The van der Waals surface area contributed by atoms with Crippen molar-refractivity contribution in [3.8, 4) is 0 Å². The molecule has 2 fully saturated rings. The minimum absolute atomic E-state index is 0.0283. The first kappa shape index (κ1) is 35.0. The quantitative estimate of drug-likeness (QED) is 0.0460. The normalized spacial score (nSPS) is 36.0. The van der Waals surface area contributed by atoms with E-state index < -0.39 is 74.1 Å². The number of ether oxygens (including phenoxy) is 3. The second-order valence-corrected chi connectivity index (χ2v) is 10.4. The van der Waals surface area contributed by atoms with Gasteiger partial charge in [-0.3, -0.25) is 0 Å². The van der Waals surface area contributed by atoms with Crippen LogP contribution in [0, 0.1) is 0 Å². The van der Waals surface area contributed by atoms with Gasteiger partial charge in [-0.25, -0.2) is 0 Å². The van der Waals surface area contributed by atoms with Gasteiger partial charge in [0.25, 0.3) is 0 Å². The third-order valence-electron chi connectivity index (χ3n) is 7.27. The first-order valence-electron chi connectivity index (χ1n) is 13.7. The Kier molecular flexibility index (Phi) is 14.9. The molecule has 0 spiro atoms. The Hall–Kier alpha value is -1.22. The summed E-state index contributed by atoms with van der Waals surface area (Å²) in [5.41, 5.74) is 23.2. The molecule has 40 heavy (non-hydrogen) atoms. The Morgan fingerprint density at radius 2 is 1.77 bits per heavy atom. The summed E-state index contributed by atoms with van der Waals surface area (Å²) in [5, 5.41) is 78.1. The maximum absolute atomic E-state index is 10.6. The largest absolute Gasteiger partial charge is 0.510 e. The molecule has 0 bridgehead atoms. The molecule has 2 aliphatic rings.